The summed E-state index contributed by atoms with van der Waals surface area (Å²) in [5, 5.41) is 9.91. The Kier molecular flexibility index (Phi) is 6.02. The minimum atomic E-state index is -3.72. The van der Waals surface area contributed by atoms with Crippen LogP contribution in [0.2, 0.25) is 0 Å². The molecule has 1 atom stereocenters. The van der Waals surface area contributed by atoms with Crippen LogP contribution in [0.1, 0.15) is 24.1 Å². The number of sulfonamides is 1. The van der Waals surface area contributed by atoms with Gasteiger partial charge in [0.15, 0.2) is 0 Å². The van der Waals surface area contributed by atoms with Crippen LogP contribution in [0.5, 0.6) is 0 Å². The summed E-state index contributed by atoms with van der Waals surface area (Å²) in [7, 11) is -3.72. The highest BCUT2D eigenvalue weighted by Gasteiger charge is 2.13. The molecule has 28 heavy (non-hydrogen) atoms. The zero-order chi connectivity index (χ0) is 20.3. The topological polar surface area (TPSA) is 102 Å². The maximum Gasteiger partial charge on any atom is 0.238 e. The minimum absolute atomic E-state index is 0.0445. The van der Waals surface area contributed by atoms with Crippen molar-refractivity contribution in [3.63, 3.8) is 0 Å². The van der Waals surface area contributed by atoms with Crippen molar-refractivity contribution in [2.45, 2.75) is 29.8 Å². The van der Waals surface area contributed by atoms with E-state index in [2.05, 4.69) is 10.3 Å². The molecule has 3 aromatic rings. The number of benzene rings is 2. The number of nitrogens with two attached hydrogens (primary N) is 1. The van der Waals surface area contributed by atoms with Gasteiger partial charge < -0.3 is 5.32 Å². The molecule has 1 heterocycles. The van der Waals surface area contributed by atoms with Gasteiger partial charge in [-0.15, -0.1) is 0 Å². The van der Waals surface area contributed by atoms with Gasteiger partial charge in [0.1, 0.15) is 0 Å². The average Bonchev–Trinajstić information content (AvgIpc) is 2.66. The molecule has 3 rings (SSSR count). The lowest BCUT2D eigenvalue weighted by atomic mass is 10.1. The third kappa shape index (κ3) is 4.89. The summed E-state index contributed by atoms with van der Waals surface area (Å²) in [6.45, 7) is 3.87. The average molecular weight is 416 g/mol. The number of nitrogens with one attached hydrogen (secondary N) is 1. The molecule has 0 bridgehead atoms. The third-order valence-corrected chi connectivity index (χ3v) is 6.18. The second kappa shape index (κ2) is 8.30. The van der Waals surface area contributed by atoms with E-state index < -0.39 is 10.0 Å². The first-order chi connectivity index (χ1) is 13.2. The Hall–Kier alpha value is -2.42. The second-order valence-corrected chi connectivity index (χ2v) is 9.04. The molecule has 6 nitrogen and oxygen atoms in total. The standard InChI is InChI=1S/C20H21N3O3S2/c1-13-11-20(23-18-6-4-3-5-17(13)18)27-12-19(24)22-14(2)15-7-9-16(10-8-15)28(21,25)26/h3-11,14H,12H2,1-2H3,(H,22,24)(H2,21,25,26). The lowest BCUT2D eigenvalue weighted by Crippen LogP contribution is -2.28. The Morgan fingerprint density at radius 3 is 2.54 bits per heavy atom. The van der Waals surface area contributed by atoms with E-state index in [0.717, 1.165) is 27.1 Å². The normalized spacial score (nSPS) is 12.7. The number of aromatic nitrogens is 1. The maximum absolute atomic E-state index is 12.3. The monoisotopic (exact) mass is 415 g/mol. The highest BCUT2D eigenvalue weighted by molar-refractivity contribution is 7.99. The zero-order valence-corrected chi connectivity index (χ0v) is 17.2. The van der Waals surface area contributed by atoms with E-state index in [1.807, 2.05) is 44.2 Å². The lowest BCUT2D eigenvalue weighted by Gasteiger charge is -2.14. The van der Waals surface area contributed by atoms with E-state index in [1.54, 1.807) is 12.1 Å². The molecule has 0 saturated carbocycles. The molecule has 0 saturated heterocycles. The molecule has 1 aromatic heterocycles. The SMILES string of the molecule is Cc1cc(SCC(=O)NC(C)c2ccc(S(N)(=O)=O)cc2)nc2ccccc12. The van der Waals surface area contributed by atoms with E-state index in [0.29, 0.717) is 0 Å². The Labute approximate surface area is 168 Å². The van der Waals surface area contributed by atoms with Gasteiger partial charge in [0.25, 0.3) is 0 Å². The van der Waals surface area contributed by atoms with Crippen LogP contribution in [0.25, 0.3) is 10.9 Å². The molecule has 3 N–H and O–H groups in total. The van der Waals surface area contributed by atoms with Crippen molar-refractivity contribution in [3.8, 4) is 0 Å². The number of primary sulfonamides is 1. The Morgan fingerprint density at radius 2 is 1.86 bits per heavy atom. The van der Waals surface area contributed by atoms with Gasteiger partial charge in [0.05, 0.1) is 27.2 Å². The quantitative estimate of drug-likeness (QED) is 0.602. The van der Waals surface area contributed by atoms with Crippen LogP contribution in [0.4, 0.5) is 0 Å². The predicted molar refractivity (Wildman–Crippen MR) is 112 cm³/mol. The number of amides is 1. The third-order valence-electron chi connectivity index (χ3n) is 4.34. The molecular weight excluding hydrogens is 394 g/mol. The Balaban J connectivity index is 1.61. The van der Waals surface area contributed by atoms with Gasteiger partial charge in [0.2, 0.25) is 15.9 Å². The highest BCUT2D eigenvalue weighted by Crippen LogP contribution is 2.23. The van der Waals surface area contributed by atoms with E-state index >= 15 is 0 Å². The summed E-state index contributed by atoms with van der Waals surface area (Å²) >= 11 is 1.38. The maximum atomic E-state index is 12.3. The van der Waals surface area contributed by atoms with Crippen LogP contribution in [0.15, 0.2) is 64.5 Å². The van der Waals surface area contributed by atoms with Crippen LogP contribution in [-0.2, 0) is 14.8 Å². The highest BCUT2D eigenvalue weighted by atomic mass is 32.2. The first-order valence-corrected chi connectivity index (χ1v) is 11.2. The molecule has 8 heteroatoms. The minimum Gasteiger partial charge on any atom is -0.349 e. The summed E-state index contributed by atoms with van der Waals surface area (Å²) in [6.07, 6.45) is 0. The van der Waals surface area contributed by atoms with E-state index in [1.165, 1.54) is 23.9 Å². The largest absolute Gasteiger partial charge is 0.349 e. The summed E-state index contributed by atoms with van der Waals surface area (Å²) < 4.78 is 22.6. The molecule has 1 unspecified atom stereocenters. The van der Waals surface area contributed by atoms with Crippen LogP contribution in [-0.4, -0.2) is 25.1 Å². The van der Waals surface area contributed by atoms with E-state index in [9.17, 15) is 13.2 Å². The molecule has 0 radical (unpaired) electrons. The number of nitrogens with zero attached hydrogens (tertiary/aromatic N) is 1. The Bertz CT molecular complexity index is 1110. The summed E-state index contributed by atoms with van der Waals surface area (Å²) in [5.41, 5.74) is 2.83. The first-order valence-electron chi connectivity index (χ1n) is 8.65. The molecule has 0 aliphatic rings. The van der Waals surface area contributed by atoms with Crippen molar-refractivity contribution in [3.05, 3.63) is 65.7 Å². The van der Waals surface area contributed by atoms with Crippen molar-refractivity contribution in [2.75, 3.05) is 5.75 Å². The summed E-state index contributed by atoms with van der Waals surface area (Å²) in [4.78, 5) is 16.9. The smallest absolute Gasteiger partial charge is 0.238 e. The van der Waals surface area contributed by atoms with E-state index in [4.69, 9.17) is 5.14 Å². The fourth-order valence-electron chi connectivity index (χ4n) is 2.84. The second-order valence-electron chi connectivity index (χ2n) is 6.49. The molecule has 146 valence electrons. The van der Waals surface area contributed by atoms with Crippen LogP contribution >= 0.6 is 11.8 Å². The Morgan fingerprint density at radius 1 is 1.18 bits per heavy atom. The van der Waals surface area contributed by atoms with Gasteiger partial charge in [0, 0.05) is 5.39 Å². The fraction of sp³-hybridized carbons (Fsp3) is 0.200. The van der Waals surface area contributed by atoms with Crippen LogP contribution in [0, 0.1) is 6.92 Å². The molecule has 2 aromatic carbocycles. The number of para-hydroxylation sites is 1. The van der Waals surface area contributed by atoms with Gasteiger partial charge in [-0.2, -0.15) is 0 Å². The number of thioether (sulfide) groups is 1. The van der Waals surface area contributed by atoms with E-state index in [-0.39, 0.29) is 22.6 Å². The molecule has 1 amide bonds. The van der Waals surface area contributed by atoms with Gasteiger partial charge in [-0.25, -0.2) is 18.5 Å². The van der Waals surface area contributed by atoms with Gasteiger partial charge in [-0.3, -0.25) is 4.79 Å². The number of fused-ring (bicyclic) bond motifs is 1. The van der Waals surface area contributed by atoms with Crippen LogP contribution in [0.3, 0.4) is 0 Å². The summed E-state index contributed by atoms with van der Waals surface area (Å²) in [5.74, 6) is 0.116. The number of hydrogen-bond acceptors (Lipinski definition) is 5. The fourth-order valence-corrected chi connectivity index (χ4v) is 4.15. The molecule has 0 spiro atoms. The number of aryl methyl sites for hydroxylation is 1. The number of rotatable bonds is 6. The number of hydrogen-bond donors (Lipinski definition) is 2. The number of carbonyl (C=O) groups excluding carboxylic acids is 1. The zero-order valence-electron chi connectivity index (χ0n) is 15.5. The first kappa shape index (κ1) is 20.3. The van der Waals surface area contributed by atoms with Crippen molar-refractivity contribution in [2.24, 2.45) is 5.14 Å². The predicted octanol–water partition coefficient (Wildman–Crippen LogP) is 3.16. The number of pyridine rings is 1. The molecule has 0 aliphatic heterocycles. The van der Waals surface area contributed by atoms with Crippen molar-refractivity contribution >= 4 is 38.6 Å². The lowest BCUT2D eigenvalue weighted by molar-refractivity contribution is -0.119. The van der Waals surface area contributed by atoms with Gasteiger partial charge >= 0.3 is 0 Å². The molecule has 0 aliphatic carbocycles. The molecule has 0 fully saturated rings. The van der Waals surface area contributed by atoms with Crippen molar-refractivity contribution in [1.82, 2.24) is 10.3 Å². The van der Waals surface area contributed by atoms with Crippen LogP contribution < -0.4 is 10.5 Å². The van der Waals surface area contributed by atoms with Gasteiger partial charge in [-0.1, -0.05) is 42.1 Å². The number of carbonyl (C=O) groups is 1. The summed E-state index contributed by atoms with van der Waals surface area (Å²) in [6, 6.07) is 15.8. The molecular formula is C20H21N3O3S2. The van der Waals surface area contributed by atoms with Crippen molar-refractivity contribution in [1.29, 1.82) is 0 Å². The van der Waals surface area contributed by atoms with Gasteiger partial charge in [-0.05, 0) is 49.2 Å². The van der Waals surface area contributed by atoms with Crippen molar-refractivity contribution < 1.29 is 13.2 Å².